The second kappa shape index (κ2) is 8.01. The molecule has 0 saturated heterocycles. The summed E-state index contributed by atoms with van der Waals surface area (Å²) in [5.74, 6) is -0.893. The Bertz CT molecular complexity index is 925. The van der Waals surface area contributed by atoms with Crippen molar-refractivity contribution in [3.8, 4) is 0 Å². The van der Waals surface area contributed by atoms with Crippen molar-refractivity contribution in [2.75, 3.05) is 29.5 Å². The zero-order valence-electron chi connectivity index (χ0n) is 14.7. The highest BCUT2D eigenvalue weighted by Gasteiger charge is 2.15. The van der Waals surface area contributed by atoms with Gasteiger partial charge in [-0.25, -0.2) is 13.2 Å². The normalized spacial score (nSPS) is 10.9. The van der Waals surface area contributed by atoms with Crippen LogP contribution in [0.2, 0.25) is 0 Å². The van der Waals surface area contributed by atoms with Crippen LogP contribution in [-0.4, -0.2) is 40.2 Å². The smallest absolute Gasteiger partial charge is 0.338 e. The van der Waals surface area contributed by atoms with Gasteiger partial charge in [0.25, 0.3) is 5.91 Å². The van der Waals surface area contributed by atoms with Gasteiger partial charge in [-0.3, -0.25) is 9.10 Å². The van der Waals surface area contributed by atoms with Crippen molar-refractivity contribution in [2.45, 2.75) is 6.92 Å². The lowest BCUT2D eigenvalue weighted by atomic mass is 10.1. The molecule has 0 aliphatic carbocycles. The molecular weight excluding hydrogens is 356 g/mol. The number of amides is 1. The van der Waals surface area contributed by atoms with E-state index in [1.54, 1.807) is 43.3 Å². The number of ether oxygens (including phenoxy) is 1. The zero-order valence-corrected chi connectivity index (χ0v) is 15.5. The van der Waals surface area contributed by atoms with Crippen LogP contribution in [-0.2, 0) is 14.8 Å². The van der Waals surface area contributed by atoms with Crippen LogP contribution in [0.25, 0.3) is 0 Å². The van der Waals surface area contributed by atoms with Gasteiger partial charge >= 0.3 is 5.97 Å². The largest absolute Gasteiger partial charge is 0.462 e. The molecule has 2 rings (SSSR count). The Labute approximate surface area is 152 Å². The van der Waals surface area contributed by atoms with Crippen molar-refractivity contribution in [1.82, 2.24) is 0 Å². The van der Waals surface area contributed by atoms with Crippen molar-refractivity contribution < 1.29 is 22.7 Å². The Morgan fingerprint density at radius 3 is 2.38 bits per heavy atom. The molecule has 0 saturated carbocycles. The van der Waals surface area contributed by atoms with Crippen LogP contribution in [0, 0.1) is 0 Å². The first-order valence-corrected chi connectivity index (χ1v) is 9.69. The maximum absolute atomic E-state index is 12.5. The number of esters is 1. The molecule has 0 aliphatic rings. The summed E-state index contributed by atoms with van der Waals surface area (Å²) in [4.78, 5) is 24.2. The van der Waals surface area contributed by atoms with Crippen LogP contribution < -0.4 is 9.62 Å². The molecule has 1 amide bonds. The topological polar surface area (TPSA) is 92.8 Å². The van der Waals surface area contributed by atoms with Crippen molar-refractivity contribution in [1.29, 1.82) is 0 Å². The predicted molar refractivity (Wildman–Crippen MR) is 100 cm³/mol. The number of anilines is 2. The second-order valence-corrected chi connectivity index (χ2v) is 7.55. The highest BCUT2D eigenvalue weighted by Crippen LogP contribution is 2.19. The van der Waals surface area contributed by atoms with E-state index in [1.165, 1.54) is 19.2 Å². The van der Waals surface area contributed by atoms with Gasteiger partial charge in [0.15, 0.2) is 0 Å². The molecule has 0 heterocycles. The van der Waals surface area contributed by atoms with E-state index in [4.69, 9.17) is 4.74 Å². The molecule has 1 N–H and O–H groups in total. The summed E-state index contributed by atoms with van der Waals surface area (Å²) in [5.41, 5.74) is 1.43. The Kier molecular flexibility index (Phi) is 5.99. The van der Waals surface area contributed by atoms with E-state index in [-0.39, 0.29) is 6.61 Å². The third-order valence-electron chi connectivity index (χ3n) is 3.60. The van der Waals surface area contributed by atoms with E-state index in [1.807, 2.05) is 0 Å². The molecule has 2 aromatic carbocycles. The Balaban J connectivity index is 2.21. The van der Waals surface area contributed by atoms with Crippen LogP contribution in [0.4, 0.5) is 11.4 Å². The first-order chi connectivity index (χ1) is 12.2. The number of carbonyl (C=O) groups excluding carboxylic acids is 2. The molecule has 0 fully saturated rings. The van der Waals surface area contributed by atoms with Gasteiger partial charge in [-0.2, -0.15) is 0 Å². The number of carbonyl (C=O) groups is 2. The lowest BCUT2D eigenvalue weighted by Gasteiger charge is -2.17. The first kappa shape index (κ1) is 19.5. The molecule has 0 spiro atoms. The van der Waals surface area contributed by atoms with Gasteiger partial charge in [0, 0.05) is 18.3 Å². The summed E-state index contributed by atoms with van der Waals surface area (Å²) >= 11 is 0. The Hall–Kier alpha value is -2.87. The SMILES string of the molecule is CCOC(=O)c1cccc(NC(=O)c2cccc(N(C)S(C)(=O)=O)c2)c1. The van der Waals surface area contributed by atoms with E-state index in [2.05, 4.69) is 5.32 Å². The highest BCUT2D eigenvalue weighted by molar-refractivity contribution is 7.92. The number of sulfonamides is 1. The minimum Gasteiger partial charge on any atom is -0.462 e. The van der Waals surface area contributed by atoms with Crippen LogP contribution in [0.5, 0.6) is 0 Å². The van der Waals surface area contributed by atoms with Gasteiger partial charge in [-0.05, 0) is 43.3 Å². The highest BCUT2D eigenvalue weighted by atomic mass is 32.2. The molecule has 0 bridgehead atoms. The average molecular weight is 376 g/mol. The van der Waals surface area contributed by atoms with Gasteiger partial charge in [0.2, 0.25) is 10.0 Å². The molecule has 0 radical (unpaired) electrons. The van der Waals surface area contributed by atoms with Crippen LogP contribution in [0.3, 0.4) is 0 Å². The molecule has 8 heteroatoms. The summed E-state index contributed by atoms with van der Waals surface area (Å²) < 4.78 is 29.3. The molecule has 7 nitrogen and oxygen atoms in total. The van der Waals surface area contributed by atoms with E-state index >= 15 is 0 Å². The summed E-state index contributed by atoms with van der Waals surface area (Å²) in [5, 5.41) is 2.69. The van der Waals surface area contributed by atoms with E-state index < -0.39 is 21.9 Å². The van der Waals surface area contributed by atoms with Crippen LogP contribution >= 0.6 is 0 Å². The van der Waals surface area contributed by atoms with E-state index in [0.717, 1.165) is 10.6 Å². The number of rotatable bonds is 6. The van der Waals surface area contributed by atoms with Gasteiger partial charge in [0.1, 0.15) is 0 Å². The van der Waals surface area contributed by atoms with Crippen LogP contribution in [0.1, 0.15) is 27.6 Å². The molecule has 0 unspecified atom stereocenters. The Morgan fingerprint density at radius 2 is 1.73 bits per heavy atom. The number of nitrogens with one attached hydrogen (secondary N) is 1. The summed E-state index contributed by atoms with van der Waals surface area (Å²) in [6.45, 7) is 1.97. The number of hydrogen-bond donors (Lipinski definition) is 1. The first-order valence-electron chi connectivity index (χ1n) is 7.85. The standard InChI is InChI=1S/C18H20N2O5S/c1-4-25-18(22)14-8-5-9-15(11-14)19-17(21)13-7-6-10-16(12-13)20(2)26(3,23)24/h5-12H,4H2,1-3H3,(H,19,21). The summed E-state index contributed by atoms with van der Waals surface area (Å²) in [7, 11) is -2.02. The predicted octanol–water partition coefficient (Wildman–Crippen LogP) is 2.51. The molecule has 0 aliphatic heterocycles. The minimum absolute atomic E-state index is 0.260. The molecule has 138 valence electrons. The van der Waals surface area contributed by atoms with E-state index in [0.29, 0.717) is 22.5 Å². The van der Waals surface area contributed by atoms with Gasteiger partial charge in [0.05, 0.1) is 24.1 Å². The van der Waals surface area contributed by atoms with Crippen molar-refractivity contribution >= 4 is 33.3 Å². The summed E-state index contributed by atoms with van der Waals surface area (Å²) in [6.07, 6.45) is 1.08. The average Bonchev–Trinajstić information content (AvgIpc) is 2.61. The quantitative estimate of drug-likeness (QED) is 0.782. The molecule has 2 aromatic rings. The van der Waals surface area contributed by atoms with E-state index in [9.17, 15) is 18.0 Å². The molecule has 0 aromatic heterocycles. The maximum Gasteiger partial charge on any atom is 0.338 e. The molecule has 0 atom stereocenters. The fourth-order valence-corrected chi connectivity index (χ4v) is 2.67. The fraction of sp³-hybridized carbons (Fsp3) is 0.222. The maximum atomic E-state index is 12.5. The Morgan fingerprint density at radius 1 is 1.08 bits per heavy atom. The molecular formula is C18H20N2O5S. The van der Waals surface area contributed by atoms with Crippen molar-refractivity contribution in [3.05, 3.63) is 59.7 Å². The van der Waals surface area contributed by atoms with Gasteiger partial charge in [-0.15, -0.1) is 0 Å². The van der Waals surface area contributed by atoms with Gasteiger partial charge in [-0.1, -0.05) is 12.1 Å². The lowest BCUT2D eigenvalue weighted by molar-refractivity contribution is 0.0526. The van der Waals surface area contributed by atoms with Crippen molar-refractivity contribution in [3.63, 3.8) is 0 Å². The second-order valence-electron chi connectivity index (χ2n) is 5.54. The minimum atomic E-state index is -3.43. The lowest BCUT2D eigenvalue weighted by Crippen LogP contribution is -2.25. The number of hydrogen-bond acceptors (Lipinski definition) is 5. The fourth-order valence-electron chi connectivity index (χ4n) is 2.18. The third-order valence-corrected chi connectivity index (χ3v) is 4.81. The molecule has 26 heavy (non-hydrogen) atoms. The summed E-state index contributed by atoms with van der Waals surface area (Å²) in [6, 6.07) is 12.6. The van der Waals surface area contributed by atoms with Crippen LogP contribution in [0.15, 0.2) is 48.5 Å². The third kappa shape index (κ3) is 4.82. The number of benzene rings is 2. The monoisotopic (exact) mass is 376 g/mol. The van der Waals surface area contributed by atoms with Crippen molar-refractivity contribution in [2.24, 2.45) is 0 Å². The zero-order chi connectivity index (χ0) is 19.3. The van der Waals surface area contributed by atoms with Gasteiger partial charge < -0.3 is 10.1 Å². The number of nitrogens with zero attached hydrogens (tertiary/aromatic N) is 1.